The Morgan fingerprint density at radius 1 is 1.38 bits per heavy atom. The van der Waals surface area contributed by atoms with Crippen LogP contribution in [0, 0.1) is 6.92 Å². The Bertz CT molecular complexity index is 500. The van der Waals surface area contributed by atoms with E-state index >= 15 is 0 Å². The van der Waals surface area contributed by atoms with Gasteiger partial charge in [-0.3, -0.25) is 4.98 Å². The van der Waals surface area contributed by atoms with Gasteiger partial charge in [0.1, 0.15) is 5.02 Å². The topological polar surface area (TPSA) is 76.7 Å². The molecule has 82 valence electrons. The van der Waals surface area contributed by atoms with Gasteiger partial charge in [0.2, 0.25) is 0 Å². The molecule has 6 heteroatoms. The molecule has 0 atom stereocenters. The van der Waals surface area contributed by atoms with E-state index in [0.717, 1.165) is 5.56 Å². The molecular weight excluding hydrogens is 226 g/mol. The van der Waals surface area contributed by atoms with Gasteiger partial charge < -0.3 is 5.43 Å². The normalized spacial score (nSPS) is 10.2. The molecule has 0 amide bonds. The average molecular weight is 236 g/mol. The summed E-state index contributed by atoms with van der Waals surface area (Å²) < 4.78 is 0. The van der Waals surface area contributed by atoms with Crippen molar-refractivity contribution in [1.82, 2.24) is 15.0 Å². The molecule has 2 heterocycles. The molecule has 0 aliphatic heterocycles. The van der Waals surface area contributed by atoms with Gasteiger partial charge in [-0.2, -0.15) is 0 Å². The van der Waals surface area contributed by atoms with Crippen molar-refractivity contribution in [1.29, 1.82) is 0 Å². The summed E-state index contributed by atoms with van der Waals surface area (Å²) in [6.45, 7) is 1.80. The third-order valence-electron chi connectivity index (χ3n) is 2.07. The van der Waals surface area contributed by atoms with Crippen LogP contribution < -0.4 is 11.3 Å². The Morgan fingerprint density at radius 2 is 2.19 bits per heavy atom. The van der Waals surface area contributed by atoms with Crippen molar-refractivity contribution < 1.29 is 0 Å². The molecule has 3 N–H and O–H groups in total. The maximum atomic E-state index is 5.97. The molecule has 2 aromatic heterocycles. The van der Waals surface area contributed by atoms with Crippen LogP contribution in [-0.2, 0) is 0 Å². The van der Waals surface area contributed by atoms with Crippen molar-refractivity contribution in [3.05, 3.63) is 35.2 Å². The molecule has 0 spiro atoms. The van der Waals surface area contributed by atoms with Crippen molar-refractivity contribution in [2.75, 3.05) is 5.43 Å². The van der Waals surface area contributed by atoms with Crippen LogP contribution >= 0.6 is 11.6 Å². The van der Waals surface area contributed by atoms with E-state index in [1.54, 1.807) is 19.3 Å². The number of nitrogens with two attached hydrogens (primary N) is 1. The van der Waals surface area contributed by atoms with Crippen LogP contribution in [0.25, 0.3) is 11.4 Å². The number of hydrogen-bond donors (Lipinski definition) is 2. The summed E-state index contributed by atoms with van der Waals surface area (Å²) in [5, 5.41) is 0.426. The molecule has 0 saturated heterocycles. The van der Waals surface area contributed by atoms with Gasteiger partial charge in [0, 0.05) is 18.0 Å². The Balaban J connectivity index is 2.55. The number of nitrogens with one attached hydrogen (secondary N) is 1. The second-order valence-corrected chi connectivity index (χ2v) is 3.56. The number of anilines is 1. The van der Waals surface area contributed by atoms with Crippen molar-refractivity contribution in [3.8, 4) is 11.4 Å². The largest absolute Gasteiger partial charge is 0.307 e. The number of rotatable bonds is 2. The highest BCUT2D eigenvalue weighted by molar-refractivity contribution is 6.33. The molecule has 0 saturated carbocycles. The van der Waals surface area contributed by atoms with Crippen LogP contribution in [0.5, 0.6) is 0 Å². The lowest BCUT2D eigenvalue weighted by atomic mass is 10.2. The molecule has 0 aliphatic rings. The van der Waals surface area contributed by atoms with E-state index in [9.17, 15) is 0 Å². The van der Waals surface area contributed by atoms with Crippen LogP contribution in [0.2, 0.25) is 5.02 Å². The third-order valence-corrected chi connectivity index (χ3v) is 2.53. The molecule has 0 aliphatic carbocycles. The fourth-order valence-corrected chi connectivity index (χ4v) is 1.42. The zero-order chi connectivity index (χ0) is 11.5. The van der Waals surface area contributed by atoms with Gasteiger partial charge in [-0.05, 0) is 19.1 Å². The number of nitrogens with zero attached hydrogens (tertiary/aromatic N) is 3. The highest BCUT2D eigenvalue weighted by Gasteiger charge is 2.09. The Labute approximate surface area is 97.7 Å². The standard InChI is InChI=1S/C10H10ClN5/c1-6-8(11)10(16-12)15-9(14-6)7-3-2-4-13-5-7/h2-5H,12H2,1H3,(H,14,15,16). The summed E-state index contributed by atoms with van der Waals surface area (Å²) in [6, 6.07) is 3.69. The maximum Gasteiger partial charge on any atom is 0.163 e. The number of hydrazine groups is 1. The van der Waals surface area contributed by atoms with Crippen LogP contribution in [0.1, 0.15) is 5.69 Å². The minimum Gasteiger partial charge on any atom is -0.307 e. The smallest absolute Gasteiger partial charge is 0.163 e. The predicted molar refractivity (Wildman–Crippen MR) is 62.8 cm³/mol. The molecule has 0 radical (unpaired) electrons. The number of hydrogen-bond acceptors (Lipinski definition) is 5. The lowest BCUT2D eigenvalue weighted by molar-refractivity contribution is 1.09. The monoisotopic (exact) mass is 235 g/mol. The second kappa shape index (κ2) is 4.42. The first-order valence-electron chi connectivity index (χ1n) is 4.63. The first kappa shape index (κ1) is 10.8. The highest BCUT2D eigenvalue weighted by atomic mass is 35.5. The molecule has 16 heavy (non-hydrogen) atoms. The van der Waals surface area contributed by atoms with Gasteiger partial charge in [0.15, 0.2) is 11.6 Å². The lowest BCUT2D eigenvalue weighted by Gasteiger charge is -2.07. The molecular formula is C10H10ClN5. The molecule has 2 aromatic rings. The van der Waals surface area contributed by atoms with Crippen LogP contribution in [-0.4, -0.2) is 15.0 Å². The number of pyridine rings is 1. The summed E-state index contributed by atoms with van der Waals surface area (Å²) >= 11 is 5.97. The SMILES string of the molecule is Cc1nc(-c2cccnc2)nc(NN)c1Cl. The van der Waals surface area contributed by atoms with Crippen molar-refractivity contribution in [2.45, 2.75) is 6.92 Å². The fraction of sp³-hybridized carbons (Fsp3) is 0.100. The van der Waals surface area contributed by atoms with Crippen molar-refractivity contribution >= 4 is 17.4 Å². The summed E-state index contributed by atoms with van der Waals surface area (Å²) in [5.41, 5.74) is 3.93. The molecule has 2 rings (SSSR count). The number of halogens is 1. The average Bonchev–Trinajstić information content (AvgIpc) is 2.33. The zero-order valence-electron chi connectivity index (χ0n) is 8.61. The number of aryl methyl sites for hydroxylation is 1. The van der Waals surface area contributed by atoms with Crippen LogP contribution in [0.15, 0.2) is 24.5 Å². The molecule has 0 fully saturated rings. The summed E-state index contributed by atoms with van der Waals surface area (Å²) in [5.74, 6) is 6.28. The molecule has 5 nitrogen and oxygen atoms in total. The minimum absolute atomic E-state index is 0.410. The summed E-state index contributed by atoms with van der Waals surface area (Å²) in [4.78, 5) is 12.5. The second-order valence-electron chi connectivity index (χ2n) is 3.18. The number of aromatic nitrogens is 3. The van der Waals surface area contributed by atoms with E-state index in [0.29, 0.717) is 22.4 Å². The highest BCUT2D eigenvalue weighted by Crippen LogP contribution is 2.24. The molecule has 0 unspecified atom stereocenters. The van der Waals surface area contributed by atoms with Crippen LogP contribution in [0.3, 0.4) is 0 Å². The minimum atomic E-state index is 0.410. The lowest BCUT2D eigenvalue weighted by Crippen LogP contribution is -2.11. The van der Waals surface area contributed by atoms with Gasteiger partial charge in [0.05, 0.1) is 5.69 Å². The first-order chi connectivity index (χ1) is 7.72. The van der Waals surface area contributed by atoms with E-state index in [1.807, 2.05) is 12.1 Å². The van der Waals surface area contributed by atoms with Crippen molar-refractivity contribution in [3.63, 3.8) is 0 Å². The van der Waals surface area contributed by atoms with Gasteiger partial charge >= 0.3 is 0 Å². The predicted octanol–water partition coefficient (Wildman–Crippen LogP) is 1.79. The first-order valence-corrected chi connectivity index (χ1v) is 5.01. The van der Waals surface area contributed by atoms with E-state index < -0.39 is 0 Å². The van der Waals surface area contributed by atoms with E-state index in [4.69, 9.17) is 17.4 Å². The molecule has 0 aromatic carbocycles. The third kappa shape index (κ3) is 1.95. The van der Waals surface area contributed by atoms with E-state index in [-0.39, 0.29) is 0 Å². The molecule has 0 bridgehead atoms. The van der Waals surface area contributed by atoms with Gasteiger partial charge in [0.25, 0.3) is 0 Å². The fourth-order valence-electron chi connectivity index (χ4n) is 1.28. The van der Waals surface area contributed by atoms with Gasteiger partial charge in [-0.1, -0.05) is 11.6 Å². The quantitative estimate of drug-likeness (QED) is 0.613. The maximum absolute atomic E-state index is 5.97. The Kier molecular flexibility index (Phi) is 2.98. The van der Waals surface area contributed by atoms with Crippen LogP contribution in [0.4, 0.5) is 5.82 Å². The zero-order valence-corrected chi connectivity index (χ0v) is 9.36. The van der Waals surface area contributed by atoms with Crippen molar-refractivity contribution in [2.24, 2.45) is 5.84 Å². The Morgan fingerprint density at radius 3 is 2.81 bits per heavy atom. The number of nitrogen functional groups attached to an aromatic ring is 1. The van der Waals surface area contributed by atoms with E-state index in [2.05, 4.69) is 20.4 Å². The van der Waals surface area contributed by atoms with E-state index in [1.165, 1.54) is 0 Å². The van der Waals surface area contributed by atoms with Gasteiger partial charge in [-0.15, -0.1) is 0 Å². The summed E-state index contributed by atoms with van der Waals surface area (Å²) in [7, 11) is 0. The Hall–Kier alpha value is -1.72. The van der Waals surface area contributed by atoms with Gasteiger partial charge in [-0.25, -0.2) is 15.8 Å². The summed E-state index contributed by atoms with van der Waals surface area (Å²) in [6.07, 6.45) is 3.37.